The fraction of sp³-hybridized carbons (Fsp3) is 0. The molecule has 0 fully saturated rings. The lowest BCUT2D eigenvalue weighted by Crippen LogP contribution is -2.10. The fourth-order valence-corrected chi connectivity index (χ4v) is 1.59. The van der Waals surface area contributed by atoms with Crippen LogP contribution in [0.15, 0.2) is 35.7 Å². The first-order chi connectivity index (χ1) is 7.77. The summed E-state index contributed by atoms with van der Waals surface area (Å²) in [5, 5.41) is 11.4. The Morgan fingerprint density at radius 3 is 2.94 bits per heavy atom. The molecule has 0 aliphatic rings. The van der Waals surface area contributed by atoms with Gasteiger partial charge in [0.15, 0.2) is 0 Å². The average Bonchev–Trinajstić information content (AvgIpc) is 2.67. The van der Waals surface area contributed by atoms with Gasteiger partial charge in [0.2, 0.25) is 0 Å². The maximum Gasteiger partial charge on any atom is 0.263 e. The van der Waals surface area contributed by atoms with Crippen LogP contribution in [-0.4, -0.2) is 21.1 Å². The number of hydrogen-bond donors (Lipinski definition) is 2. The van der Waals surface area contributed by atoms with Crippen LogP contribution in [0.5, 0.6) is 0 Å². The van der Waals surface area contributed by atoms with Gasteiger partial charge >= 0.3 is 0 Å². The lowest BCUT2D eigenvalue weighted by molar-refractivity contribution is 0.988. The molecule has 0 aliphatic heterocycles. The van der Waals surface area contributed by atoms with Crippen LogP contribution in [0.1, 0.15) is 5.56 Å². The number of anilines is 1. The Balaban J connectivity index is 2.06. The van der Waals surface area contributed by atoms with Crippen LogP contribution in [0, 0.1) is 3.57 Å². The summed E-state index contributed by atoms with van der Waals surface area (Å²) in [6.07, 6.45) is 3.10. The third-order valence-corrected chi connectivity index (χ3v) is 2.83. The summed E-state index contributed by atoms with van der Waals surface area (Å²) in [6, 6.07) is 7.91. The summed E-state index contributed by atoms with van der Waals surface area (Å²) < 4.78 is 2.38. The van der Waals surface area contributed by atoms with Gasteiger partial charge < -0.3 is 5.84 Å². The highest BCUT2D eigenvalue weighted by molar-refractivity contribution is 14.1. The van der Waals surface area contributed by atoms with Crippen molar-refractivity contribution < 1.29 is 0 Å². The van der Waals surface area contributed by atoms with Gasteiger partial charge in [-0.1, -0.05) is 18.2 Å². The summed E-state index contributed by atoms with van der Waals surface area (Å²) >= 11 is 2.24. The van der Waals surface area contributed by atoms with E-state index < -0.39 is 0 Å². The first kappa shape index (κ1) is 10.9. The molecule has 0 radical (unpaired) electrons. The molecule has 3 N–H and O–H groups in total. The van der Waals surface area contributed by atoms with Crippen molar-refractivity contribution in [3.8, 4) is 0 Å². The number of aromatic nitrogens is 3. The number of halogens is 1. The third-order valence-electron chi connectivity index (χ3n) is 1.85. The number of nitrogens with two attached hydrogens (primary N) is 1. The minimum atomic E-state index is 0.391. The summed E-state index contributed by atoms with van der Waals surface area (Å²) in [5.41, 5.74) is 3.73. The van der Waals surface area contributed by atoms with Gasteiger partial charge in [0.25, 0.3) is 5.95 Å². The zero-order valence-corrected chi connectivity index (χ0v) is 10.4. The molecule has 0 spiro atoms. The van der Waals surface area contributed by atoms with Crippen molar-refractivity contribution >= 4 is 34.8 Å². The van der Waals surface area contributed by atoms with E-state index in [1.165, 1.54) is 11.0 Å². The van der Waals surface area contributed by atoms with Crippen LogP contribution in [0.25, 0.3) is 0 Å². The second-order valence-corrected chi connectivity index (χ2v) is 4.12. The highest BCUT2D eigenvalue weighted by Crippen LogP contribution is 2.08. The predicted octanol–water partition coefficient (Wildman–Crippen LogP) is 1.04. The van der Waals surface area contributed by atoms with E-state index in [0.717, 1.165) is 9.13 Å². The molecule has 0 aliphatic carbocycles. The van der Waals surface area contributed by atoms with E-state index in [2.05, 4.69) is 43.3 Å². The molecule has 1 aromatic carbocycles. The van der Waals surface area contributed by atoms with E-state index in [4.69, 9.17) is 5.84 Å². The molecule has 0 bridgehead atoms. The number of nitrogen functional groups attached to an aromatic ring is 1. The Morgan fingerprint density at radius 2 is 2.25 bits per heavy atom. The molecule has 1 heterocycles. The number of hydrogen-bond acceptors (Lipinski definition) is 5. The maximum absolute atomic E-state index is 5.50. The predicted molar refractivity (Wildman–Crippen MR) is 70.5 cm³/mol. The van der Waals surface area contributed by atoms with E-state index in [1.807, 2.05) is 24.3 Å². The fourth-order valence-electron chi connectivity index (χ4n) is 1.06. The summed E-state index contributed by atoms with van der Waals surface area (Å²) in [7, 11) is 0. The lowest BCUT2D eigenvalue weighted by Gasteiger charge is -1.98. The Kier molecular flexibility index (Phi) is 3.34. The monoisotopic (exact) mass is 328 g/mol. The number of nitrogens with one attached hydrogen (secondary N) is 1. The lowest BCUT2D eigenvalue weighted by atomic mass is 10.2. The second-order valence-electron chi connectivity index (χ2n) is 2.95. The average molecular weight is 328 g/mol. The number of rotatable bonds is 3. The molecule has 16 heavy (non-hydrogen) atoms. The van der Waals surface area contributed by atoms with Crippen molar-refractivity contribution in [2.24, 2.45) is 5.10 Å². The van der Waals surface area contributed by atoms with E-state index in [0.29, 0.717) is 5.95 Å². The van der Waals surface area contributed by atoms with Crippen LogP contribution < -0.4 is 11.3 Å². The second kappa shape index (κ2) is 4.92. The molecule has 7 heteroatoms. The summed E-state index contributed by atoms with van der Waals surface area (Å²) in [4.78, 5) is 0. The number of nitrogens with zero attached hydrogens (tertiary/aromatic N) is 4. The smallest absolute Gasteiger partial charge is 0.263 e. The topological polar surface area (TPSA) is 81.1 Å². The largest absolute Gasteiger partial charge is 0.335 e. The Labute approximate surface area is 106 Å². The van der Waals surface area contributed by atoms with Crippen molar-refractivity contribution in [1.29, 1.82) is 0 Å². The molecular weight excluding hydrogens is 319 g/mol. The van der Waals surface area contributed by atoms with Gasteiger partial charge in [-0.2, -0.15) is 5.10 Å². The highest BCUT2D eigenvalue weighted by atomic mass is 127. The van der Waals surface area contributed by atoms with E-state index >= 15 is 0 Å². The first-order valence-electron chi connectivity index (χ1n) is 4.46. The van der Waals surface area contributed by atoms with Gasteiger partial charge in [-0.05, 0) is 28.7 Å². The van der Waals surface area contributed by atoms with E-state index in [-0.39, 0.29) is 0 Å². The molecule has 1 aromatic heterocycles. The van der Waals surface area contributed by atoms with Crippen LogP contribution >= 0.6 is 22.6 Å². The van der Waals surface area contributed by atoms with Gasteiger partial charge in [0.1, 0.15) is 6.33 Å². The van der Waals surface area contributed by atoms with Crippen molar-refractivity contribution in [2.45, 2.75) is 0 Å². The number of hydrazone groups is 1. The molecular formula is C9H9IN6. The summed E-state index contributed by atoms with van der Waals surface area (Å²) in [5.74, 6) is 5.89. The van der Waals surface area contributed by atoms with E-state index in [9.17, 15) is 0 Å². The Morgan fingerprint density at radius 1 is 1.44 bits per heavy atom. The summed E-state index contributed by atoms with van der Waals surface area (Å²) in [6.45, 7) is 0. The molecule has 82 valence electrons. The molecule has 6 nitrogen and oxygen atoms in total. The van der Waals surface area contributed by atoms with Crippen LogP contribution in [-0.2, 0) is 0 Å². The van der Waals surface area contributed by atoms with Gasteiger partial charge in [0.05, 0.1) is 6.21 Å². The minimum absolute atomic E-state index is 0.391. The molecule has 0 unspecified atom stereocenters. The molecule has 0 amide bonds. The molecule has 0 atom stereocenters. The molecule has 2 rings (SSSR count). The van der Waals surface area contributed by atoms with Gasteiger partial charge in [-0.15, -0.1) is 10.2 Å². The maximum atomic E-state index is 5.50. The highest BCUT2D eigenvalue weighted by Gasteiger charge is 1.97. The molecule has 2 aromatic rings. The Bertz CT molecular complexity index is 506. The van der Waals surface area contributed by atoms with Crippen LogP contribution in [0.4, 0.5) is 5.95 Å². The van der Waals surface area contributed by atoms with Crippen LogP contribution in [0.2, 0.25) is 0 Å². The van der Waals surface area contributed by atoms with Crippen molar-refractivity contribution in [3.05, 3.63) is 39.7 Å². The van der Waals surface area contributed by atoms with E-state index in [1.54, 1.807) is 6.21 Å². The normalized spacial score (nSPS) is 10.8. The zero-order chi connectivity index (χ0) is 11.4. The van der Waals surface area contributed by atoms with Gasteiger partial charge in [-0.3, -0.25) is 0 Å². The Hall–Kier alpha value is -1.64. The van der Waals surface area contributed by atoms with Crippen molar-refractivity contribution in [3.63, 3.8) is 0 Å². The third kappa shape index (κ3) is 2.48. The van der Waals surface area contributed by atoms with Crippen molar-refractivity contribution in [1.82, 2.24) is 14.9 Å². The number of benzene rings is 1. The molecule has 0 saturated carbocycles. The zero-order valence-electron chi connectivity index (χ0n) is 8.21. The first-order valence-corrected chi connectivity index (χ1v) is 5.54. The SMILES string of the molecule is Nn1cnnc1NN=Cc1ccccc1I. The quantitative estimate of drug-likeness (QED) is 0.382. The standard InChI is InChI=1S/C9H9IN6/c10-8-4-2-1-3-7(8)5-12-14-9-15-13-6-16(9)11/h1-6H,11H2,(H,14,15). The molecule has 0 saturated heterocycles. The van der Waals surface area contributed by atoms with Gasteiger partial charge in [-0.25, -0.2) is 10.1 Å². The van der Waals surface area contributed by atoms with Crippen molar-refractivity contribution in [2.75, 3.05) is 11.3 Å². The van der Waals surface area contributed by atoms with Crippen LogP contribution in [0.3, 0.4) is 0 Å². The van der Waals surface area contributed by atoms with Gasteiger partial charge in [0, 0.05) is 9.13 Å². The minimum Gasteiger partial charge on any atom is -0.335 e.